The van der Waals surface area contributed by atoms with Gasteiger partial charge in [-0.3, -0.25) is 14.4 Å². The number of anilines is 1. The molecule has 0 heterocycles. The van der Waals surface area contributed by atoms with Crippen LogP contribution in [0.2, 0.25) is 0 Å². The van der Waals surface area contributed by atoms with Crippen LogP contribution in [0, 0.1) is 0 Å². The van der Waals surface area contributed by atoms with Crippen molar-refractivity contribution in [2.24, 2.45) is 0 Å². The van der Waals surface area contributed by atoms with Crippen LogP contribution in [0.1, 0.15) is 15.9 Å². The molecule has 0 amide bonds. The average Bonchev–Trinajstić information content (AvgIpc) is 2.46. The summed E-state index contributed by atoms with van der Waals surface area (Å²) in [6.45, 7) is 0.936. The summed E-state index contributed by atoms with van der Waals surface area (Å²) >= 11 is 0. The molecular formula is C17H20N2O3S. The number of likely N-dealkylation sites (N-methyl/N-ethyl adjacent to an activating group) is 1. The highest BCUT2D eigenvalue weighted by molar-refractivity contribution is 7.92. The summed E-state index contributed by atoms with van der Waals surface area (Å²) in [6, 6.07) is 16.4. The van der Waals surface area contributed by atoms with Gasteiger partial charge >= 0.3 is 0 Å². The van der Waals surface area contributed by atoms with Gasteiger partial charge in [-0.25, -0.2) is 8.42 Å². The fourth-order valence-electron chi connectivity index (χ4n) is 2.26. The van der Waals surface area contributed by atoms with E-state index in [2.05, 4.69) is 4.72 Å². The number of Topliss-reactive ketones (excluding diaryl/α,β-unsaturated/α-hetero) is 1. The third-order valence-electron chi connectivity index (χ3n) is 3.20. The van der Waals surface area contributed by atoms with Crippen LogP contribution < -0.4 is 4.72 Å². The third kappa shape index (κ3) is 5.84. The Kier molecular flexibility index (Phi) is 5.52. The molecule has 5 nitrogen and oxygen atoms in total. The zero-order valence-electron chi connectivity index (χ0n) is 13.2. The maximum absolute atomic E-state index is 12.3. The van der Waals surface area contributed by atoms with E-state index in [1.165, 1.54) is 0 Å². The van der Waals surface area contributed by atoms with Gasteiger partial charge in [0.2, 0.25) is 10.0 Å². The summed E-state index contributed by atoms with van der Waals surface area (Å²) in [6.07, 6.45) is 1.08. The van der Waals surface area contributed by atoms with E-state index in [0.29, 0.717) is 17.8 Å². The number of ketones is 1. The molecule has 0 aliphatic carbocycles. The van der Waals surface area contributed by atoms with Crippen LogP contribution in [0.5, 0.6) is 0 Å². The molecule has 0 fully saturated rings. The molecule has 0 aliphatic rings. The van der Waals surface area contributed by atoms with Crippen LogP contribution >= 0.6 is 0 Å². The van der Waals surface area contributed by atoms with Crippen LogP contribution in [0.15, 0.2) is 54.6 Å². The van der Waals surface area contributed by atoms with Crippen molar-refractivity contribution in [3.05, 3.63) is 65.7 Å². The van der Waals surface area contributed by atoms with E-state index in [1.807, 2.05) is 42.3 Å². The van der Waals surface area contributed by atoms with Gasteiger partial charge in [-0.2, -0.15) is 0 Å². The molecular weight excluding hydrogens is 312 g/mol. The quantitative estimate of drug-likeness (QED) is 0.791. The zero-order chi connectivity index (χ0) is 16.9. The number of carbonyl (C=O) groups excluding carboxylic acids is 1. The van der Waals surface area contributed by atoms with Crippen molar-refractivity contribution in [2.45, 2.75) is 6.54 Å². The van der Waals surface area contributed by atoms with Crippen LogP contribution in [-0.4, -0.2) is 38.9 Å². The lowest BCUT2D eigenvalue weighted by molar-refractivity contribution is 0.0943. The SMILES string of the molecule is CN(CC(=O)c1cccc(NS(C)(=O)=O)c1)Cc1ccccc1. The highest BCUT2D eigenvalue weighted by atomic mass is 32.2. The summed E-state index contributed by atoms with van der Waals surface area (Å²) in [5.41, 5.74) is 2.01. The summed E-state index contributed by atoms with van der Waals surface area (Å²) in [4.78, 5) is 14.3. The predicted octanol–water partition coefficient (Wildman–Crippen LogP) is 2.37. The normalized spacial score (nSPS) is 11.4. The molecule has 1 N–H and O–H groups in total. The van der Waals surface area contributed by atoms with Crippen molar-refractivity contribution in [3.63, 3.8) is 0 Å². The monoisotopic (exact) mass is 332 g/mol. The largest absolute Gasteiger partial charge is 0.295 e. The van der Waals surface area contributed by atoms with Crippen molar-refractivity contribution < 1.29 is 13.2 Å². The Labute approximate surface area is 137 Å². The molecule has 0 radical (unpaired) electrons. The topological polar surface area (TPSA) is 66.5 Å². The molecule has 0 saturated heterocycles. The third-order valence-corrected chi connectivity index (χ3v) is 3.80. The minimum Gasteiger partial charge on any atom is -0.295 e. The molecule has 2 rings (SSSR count). The first-order valence-electron chi connectivity index (χ1n) is 7.17. The first kappa shape index (κ1) is 17.2. The standard InChI is InChI=1S/C17H20N2O3S/c1-19(12-14-7-4-3-5-8-14)13-17(20)15-9-6-10-16(11-15)18-23(2,21)22/h3-11,18H,12-13H2,1-2H3. The molecule has 2 aromatic rings. The number of nitrogens with one attached hydrogen (secondary N) is 1. The maximum Gasteiger partial charge on any atom is 0.229 e. The average molecular weight is 332 g/mol. The van der Waals surface area contributed by atoms with Crippen LogP contribution in [-0.2, 0) is 16.6 Å². The second kappa shape index (κ2) is 7.39. The van der Waals surface area contributed by atoms with Gasteiger partial charge in [0, 0.05) is 17.8 Å². The minimum atomic E-state index is -3.36. The smallest absolute Gasteiger partial charge is 0.229 e. The Balaban J connectivity index is 2.01. The van der Waals surface area contributed by atoms with E-state index < -0.39 is 10.0 Å². The summed E-state index contributed by atoms with van der Waals surface area (Å²) in [7, 11) is -1.48. The number of sulfonamides is 1. The molecule has 2 aromatic carbocycles. The summed E-state index contributed by atoms with van der Waals surface area (Å²) in [5.74, 6) is -0.0550. The lowest BCUT2D eigenvalue weighted by atomic mass is 10.1. The molecule has 0 aromatic heterocycles. The first-order chi connectivity index (χ1) is 10.8. The van der Waals surface area contributed by atoms with Crippen molar-refractivity contribution in [1.82, 2.24) is 4.90 Å². The molecule has 0 unspecified atom stereocenters. The lowest BCUT2D eigenvalue weighted by Gasteiger charge is -2.16. The van der Waals surface area contributed by atoms with Gasteiger partial charge < -0.3 is 0 Å². The van der Waals surface area contributed by atoms with Crippen molar-refractivity contribution in [1.29, 1.82) is 0 Å². The second-order valence-corrected chi connectivity index (χ2v) is 7.28. The van der Waals surface area contributed by atoms with Gasteiger partial charge in [0.1, 0.15) is 0 Å². The first-order valence-corrected chi connectivity index (χ1v) is 9.06. The Morgan fingerprint density at radius 2 is 1.78 bits per heavy atom. The van der Waals surface area contributed by atoms with E-state index in [1.54, 1.807) is 24.3 Å². The van der Waals surface area contributed by atoms with Gasteiger partial charge in [0.15, 0.2) is 5.78 Å². The van der Waals surface area contributed by atoms with Crippen LogP contribution in [0.3, 0.4) is 0 Å². The Hall–Kier alpha value is -2.18. The molecule has 0 spiro atoms. The molecule has 0 bridgehead atoms. The number of carbonyl (C=O) groups is 1. The van der Waals surface area contributed by atoms with E-state index in [-0.39, 0.29) is 12.3 Å². The van der Waals surface area contributed by atoms with Gasteiger partial charge in [0.25, 0.3) is 0 Å². The molecule has 0 atom stereocenters. The number of hydrogen-bond acceptors (Lipinski definition) is 4. The highest BCUT2D eigenvalue weighted by Gasteiger charge is 2.11. The fraction of sp³-hybridized carbons (Fsp3) is 0.235. The van der Waals surface area contributed by atoms with Crippen molar-refractivity contribution in [3.8, 4) is 0 Å². The number of benzene rings is 2. The summed E-state index contributed by atoms with van der Waals surface area (Å²) < 4.78 is 24.9. The van der Waals surface area contributed by atoms with E-state index >= 15 is 0 Å². The lowest BCUT2D eigenvalue weighted by Crippen LogP contribution is -2.25. The van der Waals surface area contributed by atoms with E-state index in [0.717, 1.165) is 11.8 Å². The molecule has 23 heavy (non-hydrogen) atoms. The Morgan fingerprint density at radius 1 is 1.09 bits per heavy atom. The molecule has 6 heteroatoms. The van der Waals surface area contributed by atoms with Gasteiger partial charge in [-0.15, -0.1) is 0 Å². The Morgan fingerprint density at radius 3 is 2.43 bits per heavy atom. The highest BCUT2D eigenvalue weighted by Crippen LogP contribution is 2.13. The van der Waals surface area contributed by atoms with Gasteiger partial charge in [-0.05, 0) is 24.7 Å². The Bertz CT molecular complexity index is 773. The van der Waals surface area contributed by atoms with Crippen LogP contribution in [0.25, 0.3) is 0 Å². The molecule has 122 valence electrons. The maximum atomic E-state index is 12.3. The number of nitrogens with zero attached hydrogens (tertiary/aromatic N) is 1. The minimum absolute atomic E-state index is 0.0550. The van der Waals surface area contributed by atoms with Crippen molar-refractivity contribution in [2.75, 3.05) is 24.6 Å². The van der Waals surface area contributed by atoms with Crippen LogP contribution in [0.4, 0.5) is 5.69 Å². The zero-order valence-corrected chi connectivity index (χ0v) is 14.0. The van der Waals surface area contributed by atoms with Gasteiger partial charge in [0.05, 0.1) is 12.8 Å². The van der Waals surface area contributed by atoms with Crippen molar-refractivity contribution >= 4 is 21.5 Å². The molecule has 0 aliphatic heterocycles. The second-order valence-electron chi connectivity index (χ2n) is 5.54. The predicted molar refractivity (Wildman–Crippen MR) is 92.0 cm³/mol. The molecule has 0 saturated carbocycles. The van der Waals surface area contributed by atoms with Gasteiger partial charge in [-0.1, -0.05) is 42.5 Å². The summed E-state index contributed by atoms with van der Waals surface area (Å²) in [5, 5.41) is 0. The number of rotatable bonds is 7. The number of hydrogen-bond donors (Lipinski definition) is 1. The fourth-order valence-corrected chi connectivity index (χ4v) is 2.81. The van der Waals surface area contributed by atoms with E-state index in [9.17, 15) is 13.2 Å². The van der Waals surface area contributed by atoms with E-state index in [4.69, 9.17) is 0 Å².